The second-order valence-electron chi connectivity index (χ2n) is 5.68. The molecule has 2 unspecified atom stereocenters. The maximum atomic E-state index is 12.2. The number of hydrogen-bond acceptors (Lipinski definition) is 2. The molecule has 104 valence electrons. The minimum atomic E-state index is -0.0856. The highest BCUT2D eigenvalue weighted by molar-refractivity contribution is 5.85. The lowest BCUT2D eigenvalue weighted by Gasteiger charge is -2.30. The van der Waals surface area contributed by atoms with Gasteiger partial charge in [-0.15, -0.1) is 12.4 Å². The van der Waals surface area contributed by atoms with Gasteiger partial charge in [-0.1, -0.05) is 34.6 Å². The minimum Gasteiger partial charge on any atom is -0.342 e. The van der Waals surface area contributed by atoms with Crippen molar-refractivity contribution < 1.29 is 4.79 Å². The molecule has 2 atom stereocenters. The fraction of sp³-hybridized carbons (Fsp3) is 0.923. The Labute approximate surface area is 113 Å². The van der Waals surface area contributed by atoms with Crippen molar-refractivity contribution in [3.63, 3.8) is 0 Å². The Balaban J connectivity index is 0. The summed E-state index contributed by atoms with van der Waals surface area (Å²) in [4.78, 5) is 14.2. The summed E-state index contributed by atoms with van der Waals surface area (Å²) < 4.78 is 0. The quantitative estimate of drug-likeness (QED) is 0.801. The van der Waals surface area contributed by atoms with Crippen LogP contribution in [0, 0.1) is 17.8 Å². The van der Waals surface area contributed by atoms with E-state index in [0.717, 1.165) is 13.1 Å². The van der Waals surface area contributed by atoms with Gasteiger partial charge in [-0.25, -0.2) is 0 Å². The zero-order chi connectivity index (χ0) is 12.9. The molecular weight excluding hydrogens is 236 g/mol. The monoisotopic (exact) mass is 264 g/mol. The maximum Gasteiger partial charge on any atom is 0.226 e. The molecule has 0 heterocycles. The third-order valence-electron chi connectivity index (χ3n) is 2.66. The Kier molecular flexibility index (Phi) is 9.82. The summed E-state index contributed by atoms with van der Waals surface area (Å²) in [7, 11) is 0. The van der Waals surface area contributed by atoms with Crippen molar-refractivity contribution >= 4 is 18.3 Å². The van der Waals surface area contributed by atoms with Crippen LogP contribution in [-0.2, 0) is 4.79 Å². The van der Waals surface area contributed by atoms with Crippen molar-refractivity contribution in [2.24, 2.45) is 23.5 Å². The molecule has 0 radical (unpaired) electrons. The van der Waals surface area contributed by atoms with Crippen LogP contribution in [-0.4, -0.2) is 29.9 Å². The second-order valence-corrected chi connectivity index (χ2v) is 5.68. The Hall–Kier alpha value is -0.280. The maximum absolute atomic E-state index is 12.2. The predicted molar refractivity (Wildman–Crippen MR) is 76.3 cm³/mol. The van der Waals surface area contributed by atoms with Crippen LogP contribution in [0.5, 0.6) is 0 Å². The molecular formula is C13H29ClN2O. The third-order valence-corrected chi connectivity index (χ3v) is 2.66. The summed E-state index contributed by atoms with van der Waals surface area (Å²) in [6, 6.07) is -0.0747. The van der Waals surface area contributed by atoms with Gasteiger partial charge in [0.1, 0.15) is 0 Å². The lowest BCUT2D eigenvalue weighted by atomic mass is 10.0. The van der Waals surface area contributed by atoms with Gasteiger partial charge in [0.2, 0.25) is 5.91 Å². The Morgan fingerprint density at radius 2 is 1.35 bits per heavy atom. The van der Waals surface area contributed by atoms with E-state index in [1.54, 1.807) is 0 Å². The SMILES string of the molecule is CC(C)CN(CC(C)C)C(=O)C(C)C(C)N.Cl. The molecule has 0 aliphatic rings. The molecule has 0 saturated heterocycles. The van der Waals surface area contributed by atoms with E-state index >= 15 is 0 Å². The first-order valence-corrected chi connectivity index (χ1v) is 6.30. The molecule has 0 rings (SSSR count). The lowest BCUT2D eigenvalue weighted by Crippen LogP contribution is -2.44. The van der Waals surface area contributed by atoms with Crippen molar-refractivity contribution in [1.82, 2.24) is 4.90 Å². The number of carbonyl (C=O) groups excluding carboxylic acids is 1. The highest BCUT2D eigenvalue weighted by atomic mass is 35.5. The summed E-state index contributed by atoms with van der Waals surface area (Å²) in [5, 5.41) is 0. The molecule has 4 heteroatoms. The van der Waals surface area contributed by atoms with Crippen LogP contribution in [0.3, 0.4) is 0 Å². The van der Waals surface area contributed by atoms with Crippen LogP contribution < -0.4 is 5.73 Å². The molecule has 0 saturated carbocycles. The number of nitrogens with two attached hydrogens (primary N) is 1. The molecule has 0 aromatic carbocycles. The fourth-order valence-corrected chi connectivity index (χ4v) is 1.65. The summed E-state index contributed by atoms with van der Waals surface area (Å²) >= 11 is 0. The average Bonchev–Trinajstić information content (AvgIpc) is 2.12. The summed E-state index contributed by atoms with van der Waals surface area (Å²) in [6.45, 7) is 14.0. The molecule has 0 bridgehead atoms. The summed E-state index contributed by atoms with van der Waals surface area (Å²) in [5.74, 6) is 1.11. The number of amides is 1. The van der Waals surface area contributed by atoms with Crippen LogP contribution in [0.4, 0.5) is 0 Å². The van der Waals surface area contributed by atoms with Gasteiger partial charge < -0.3 is 10.6 Å². The highest BCUT2D eigenvalue weighted by Gasteiger charge is 2.24. The topological polar surface area (TPSA) is 46.3 Å². The van der Waals surface area contributed by atoms with Crippen molar-refractivity contribution in [2.45, 2.75) is 47.6 Å². The lowest BCUT2D eigenvalue weighted by molar-refractivity contribution is -0.136. The average molecular weight is 265 g/mol. The van der Waals surface area contributed by atoms with Crippen LogP contribution in [0.25, 0.3) is 0 Å². The van der Waals surface area contributed by atoms with Gasteiger partial charge in [-0.3, -0.25) is 4.79 Å². The first kappa shape index (κ1) is 19.1. The van der Waals surface area contributed by atoms with E-state index in [1.807, 2.05) is 18.7 Å². The van der Waals surface area contributed by atoms with Gasteiger partial charge in [0.25, 0.3) is 0 Å². The summed E-state index contributed by atoms with van der Waals surface area (Å²) in [5.41, 5.74) is 5.79. The van der Waals surface area contributed by atoms with Crippen LogP contribution >= 0.6 is 12.4 Å². The van der Waals surface area contributed by atoms with E-state index in [1.165, 1.54) is 0 Å². The van der Waals surface area contributed by atoms with Gasteiger partial charge in [-0.05, 0) is 18.8 Å². The van der Waals surface area contributed by atoms with Gasteiger partial charge >= 0.3 is 0 Å². The first-order chi connectivity index (χ1) is 7.25. The fourth-order valence-electron chi connectivity index (χ4n) is 1.65. The van der Waals surface area contributed by atoms with Crippen molar-refractivity contribution in [3.05, 3.63) is 0 Å². The zero-order valence-electron chi connectivity index (χ0n) is 12.1. The van der Waals surface area contributed by atoms with Crippen LogP contribution in [0.2, 0.25) is 0 Å². The largest absolute Gasteiger partial charge is 0.342 e. The molecule has 0 aromatic heterocycles. The Bertz CT molecular complexity index is 207. The first-order valence-electron chi connectivity index (χ1n) is 6.30. The third kappa shape index (κ3) is 7.61. The molecule has 0 aliphatic heterocycles. The second kappa shape index (κ2) is 8.76. The molecule has 3 nitrogen and oxygen atoms in total. The molecule has 2 N–H and O–H groups in total. The van der Waals surface area contributed by atoms with Gasteiger partial charge in [0.05, 0.1) is 5.92 Å². The highest BCUT2D eigenvalue weighted by Crippen LogP contribution is 2.11. The molecule has 0 aliphatic carbocycles. The Morgan fingerprint density at radius 1 is 1.00 bits per heavy atom. The van der Waals surface area contributed by atoms with E-state index in [2.05, 4.69) is 27.7 Å². The van der Waals surface area contributed by atoms with Gasteiger partial charge in [-0.2, -0.15) is 0 Å². The standard InChI is InChI=1S/C13H28N2O.ClH/c1-9(2)7-15(8-10(3)4)13(16)11(5)12(6)14;/h9-12H,7-8,14H2,1-6H3;1H. The number of carbonyl (C=O) groups is 1. The number of rotatable bonds is 6. The zero-order valence-corrected chi connectivity index (χ0v) is 12.9. The van der Waals surface area contributed by atoms with E-state index in [-0.39, 0.29) is 30.3 Å². The number of hydrogen-bond donors (Lipinski definition) is 1. The van der Waals surface area contributed by atoms with Crippen LogP contribution in [0.15, 0.2) is 0 Å². The molecule has 17 heavy (non-hydrogen) atoms. The normalized spacial score (nSPS) is 14.4. The van der Waals surface area contributed by atoms with Crippen LogP contribution in [0.1, 0.15) is 41.5 Å². The molecule has 0 fully saturated rings. The van der Waals surface area contributed by atoms with Gasteiger partial charge in [0.15, 0.2) is 0 Å². The van der Waals surface area contributed by atoms with Crippen molar-refractivity contribution in [3.8, 4) is 0 Å². The number of halogens is 1. The van der Waals surface area contributed by atoms with E-state index in [4.69, 9.17) is 5.73 Å². The number of nitrogens with zero attached hydrogens (tertiary/aromatic N) is 1. The minimum absolute atomic E-state index is 0. The Morgan fingerprint density at radius 3 is 1.59 bits per heavy atom. The smallest absolute Gasteiger partial charge is 0.226 e. The molecule has 0 spiro atoms. The predicted octanol–water partition coefficient (Wildman–Crippen LogP) is 2.53. The summed E-state index contributed by atoms with van der Waals surface area (Å²) in [6.07, 6.45) is 0. The van der Waals surface area contributed by atoms with E-state index in [0.29, 0.717) is 11.8 Å². The van der Waals surface area contributed by atoms with Crippen molar-refractivity contribution in [1.29, 1.82) is 0 Å². The van der Waals surface area contributed by atoms with E-state index < -0.39 is 0 Å². The molecule has 0 aromatic rings. The van der Waals surface area contributed by atoms with E-state index in [9.17, 15) is 4.79 Å². The van der Waals surface area contributed by atoms with Gasteiger partial charge in [0, 0.05) is 19.1 Å². The molecule has 1 amide bonds. The van der Waals surface area contributed by atoms with Crippen molar-refractivity contribution in [2.75, 3.05) is 13.1 Å².